The summed E-state index contributed by atoms with van der Waals surface area (Å²) in [4.78, 5) is 14.6. The molecule has 110 valence electrons. The number of sulfone groups is 1. The first-order valence-corrected chi connectivity index (χ1v) is 7.82. The molecule has 0 saturated carbocycles. The van der Waals surface area contributed by atoms with Crippen molar-refractivity contribution in [1.29, 1.82) is 0 Å². The number of hydrogen-bond donors (Lipinski definition) is 0. The monoisotopic (exact) mass is 314 g/mol. The lowest BCUT2D eigenvalue weighted by Crippen LogP contribution is -2.03. The molecule has 7 heteroatoms. The summed E-state index contributed by atoms with van der Waals surface area (Å²) in [5, 5.41) is 11.4. The predicted molar refractivity (Wildman–Crippen MR) is 80.3 cm³/mol. The van der Waals surface area contributed by atoms with Crippen molar-refractivity contribution in [3.8, 4) is 0 Å². The molecule has 0 aliphatic carbocycles. The molecule has 0 fully saturated rings. The average molecular weight is 314 g/mol. The second kappa shape index (κ2) is 5.19. The highest BCUT2D eigenvalue weighted by molar-refractivity contribution is 7.91. The van der Waals surface area contributed by atoms with Gasteiger partial charge in [-0.2, -0.15) is 0 Å². The summed E-state index contributed by atoms with van der Waals surface area (Å²) in [5.41, 5.74) is 0.0145. The van der Waals surface area contributed by atoms with Gasteiger partial charge in [-0.25, -0.2) is 13.4 Å². The van der Waals surface area contributed by atoms with Gasteiger partial charge in [0.2, 0.25) is 9.84 Å². The first kappa shape index (κ1) is 14.2. The second-order valence-corrected chi connectivity index (χ2v) is 6.54. The maximum atomic E-state index is 12.5. The van der Waals surface area contributed by atoms with Gasteiger partial charge in [0.05, 0.1) is 14.7 Å². The van der Waals surface area contributed by atoms with Crippen LogP contribution in [0.3, 0.4) is 0 Å². The van der Waals surface area contributed by atoms with E-state index in [9.17, 15) is 18.5 Å². The van der Waals surface area contributed by atoms with E-state index in [2.05, 4.69) is 4.98 Å². The van der Waals surface area contributed by atoms with Crippen LogP contribution in [0.1, 0.15) is 0 Å². The molecule has 0 bridgehead atoms. The van der Waals surface area contributed by atoms with Crippen LogP contribution >= 0.6 is 0 Å². The summed E-state index contributed by atoms with van der Waals surface area (Å²) in [7, 11) is -3.70. The summed E-state index contributed by atoms with van der Waals surface area (Å²) in [6, 6.07) is 13.8. The highest BCUT2D eigenvalue weighted by Crippen LogP contribution is 2.27. The number of non-ortho nitro benzene ring substituents is 1. The molecule has 0 aliphatic heterocycles. The van der Waals surface area contributed by atoms with Crippen LogP contribution in [0.25, 0.3) is 10.9 Å². The Bertz CT molecular complexity index is 969. The van der Waals surface area contributed by atoms with Crippen LogP contribution in [0.5, 0.6) is 0 Å². The highest BCUT2D eigenvalue weighted by Gasteiger charge is 2.20. The molecule has 0 atom stereocenters. The molecule has 3 rings (SSSR count). The molecule has 3 aromatic rings. The second-order valence-electron chi connectivity index (χ2n) is 4.59. The topological polar surface area (TPSA) is 90.2 Å². The molecule has 1 heterocycles. The Morgan fingerprint density at radius 1 is 0.955 bits per heavy atom. The van der Waals surface area contributed by atoms with Crippen molar-refractivity contribution in [2.45, 2.75) is 9.79 Å². The Morgan fingerprint density at radius 2 is 1.68 bits per heavy atom. The molecular weight excluding hydrogens is 304 g/mol. The highest BCUT2D eigenvalue weighted by atomic mass is 32.2. The molecule has 0 saturated heterocycles. The van der Waals surface area contributed by atoms with E-state index in [1.165, 1.54) is 30.3 Å². The molecule has 0 N–H and O–H groups in total. The molecule has 0 radical (unpaired) electrons. The smallest absolute Gasteiger partial charge is 0.258 e. The van der Waals surface area contributed by atoms with Gasteiger partial charge in [0.25, 0.3) is 5.69 Å². The zero-order chi connectivity index (χ0) is 15.7. The van der Waals surface area contributed by atoms with Crippen LogP contribution in [0.4, 0.5) is 5.69 Å². The molecule has 0 amide bonds. The lowest BCUT2D eigenvalue weighted by Gasteiger charge is -2.05. The van der Waals surface area contributed by atoms with Crippen molar-refractivity contribution >= 4 is 26.4 Å². The first-order valence-electron chi connectivity index (χ1n) is 6.33. The molecule has 0 aliphatic rings. The van der Waals surface area contributed by atoms with Gasteiger partial charge in [-0.05, 0) is 18.2 Å². The summed E-state index contributed by atoms with van der Waals surface area (Å²) < 4.78 is 25.0. The van der Waals surface area contributed by atoms with Crippen molar-refractivity contribution < 1.29 is 13.3 Å². The SMILES string of the molecule is O=[N+]([O-])c1cccc2cc(S(=O)(=O)c3ccccc3)cnc12. The number of nitro groups is 1. The normalized spacial score (nSPS) is 11.5. The molecule has 0 spiro atoms. The fourth-order valence-corrected chi connectivity index (χ4v) is 3.42. The molecule has 0 unspecified atom stereocenters. The van der Waals surface area contributed by atoms with Crippen molar-refractivity contribution in [2.24, 2.45) is 0 Å². The van der Waals surface area contributed by atoms with E-state index in [0.29, 0.717) is 5.39 Å². The van der Waals surface area contributed by atoms with Gasteiger partial charge in [0.15, 0.2) is 0 Å². The Labute approximate surface area is 126 Å². The molecule has 22 heavy (non-hydrogen) atoms. The van der Waals surface area contributed by atoms with Crippen LogP contribution in [0.2, 0.25) is 0 Å². The number of hydrogen-bond acceptors (Lipinski definition) is 5. The number of para-hydroxylation sites is 1. The maximum Gasteiger partial charge on any atom is 0.295 e. The number of nitro benzene ring substituents is 1. The number of rotatable bonds is 3. The maximum absolute atomic E-state index is 12.5. The van der Waals surface area contributed by atoms with Gasteiger partial charge in [0, 0.05) is 17.6 Å². The van der Waals surface area contributed by atoms with E-state index in [0.717, 1.165) is 6.20 Å². The van der Waals surface area contributed by atoms with Crippen LogP contribution < -0.4 is 0 Å². The van der Waals surface area contributed by atoms with E-state index in [1.807, 2.05) is 0 Å². The van der Waals surface area contributed by atoms with Crippen molar-refractivity contribution in [3.05, 3.63) is 70.9 Å². The van der Waals surface area contributed by atoms with Crippen LogP contribution in [-0.4, -0.2) is 18.3 Å². The first-order chi connectivity index (χ1) is 10.5. The van der Waals surface area contributed by atoms with Gasteiger partial charge in [0.1, 0.15) is 5.52 Å². The van der Waals surface area contributed by atoms with Gasteiger partial charge < -0.3 is 0 Å². The standard InChI is InChI=1S/C15H10N2O4S/c18-17(19)14-8-4-5-11-9-13(10-16-15(11)14)22(20,21)12-6-2-1-3-7-12/h1-10H. The quantitative estimate of drug-likeness (QED) is 0.547. The molecule has 6 nitrogen and oxygen atoms in total. The fourth-order valence-electron chi connectivity index (χ4n) is 2.15. The minimum atomic E-state index is -3.70. The number of aromatic nitrogens is 1. The van der Waals surface area contributed by atoms with Crippen molar-refractivity contribution in [1.82, 2.24) is 4.98 Å². The van der Waals surface area contributed by atoms with Crippen LogP contribution in [0, 0.1) is 10.1 Å². The van der Waals surface area contributed by atoms with Crippen LogP contribution in [-0.2, 0) is 9.84 Å². The third-order valence-corrected chi connectivity index (χ3v) is 4.96. The molecule has 1 aromatic heterocycles. The zero-order valence-electron chi connectivity index (χ0n) is 11.2. The number of fused-ring (bicyclic) bond motifs is 1. The predicted octanol–water partition coefficient (Wildman–Crippen LogP) is 2.98. The molecular formula is C15H10N2O4S. The van der Waals surface area contributed by atoms with E-state index in [1.54, 1.807) is 24.3 Å². The molecule has 2 aromatic carbocycles. The lowest BCUT2D eigenvalue weighted by atomic mass is 10.2. The Morgan fingerprint density at radius 3 is 2.36 bits per heavy atom. The van der Waals surface area contributed by atoms with Gasteiger partial charge in [-0.15, -0.1) is 0 Å². The summed E-state index contributed by atoms with van der Waals surface area (Å²) >= 11 is 0. The van der Waals surface area contributed by atoms with E-state index < -0.39 is 14.8 Å². The van der Waals surface area contributed by atoms with Crippen molar-refractivity contribution in [2.75, 3.05) is 0 Å². The number of benzene rings is 2. The van der Waals surface area contributed by atoms with E-state index in [4.69, 9.17) is 0 Å². The Balaban J connectivity index is 2.20. The summed E-state index contributed by atoms with van der Waals surface area (Å²) in [6.07, 6.45) is 1.15. The zero-order valence-corrected chi connectivity index (χ0v) is 12.0. The summed E-state index contributed by atoms with van der Waals surface area (Å²) in [6.45, 7) is 0. The Kier molecular flexibility index (Phi) is 3.34. The van der Waals surface area contributed by atoms with E-state index >= 15 is 0 Å². The number of nitrogens with zero attached hydrogens (tertiary/aromatic N) is 2. The van der Waals surface area contributed by atoms with E-state index in [-0.39, 0.29) is 21.0 Å². The largest absolute Gasteiger partial charge is 0.295 e. The van der Waals surface area contributed by atoms with Crippen LogP contribution in [0.15, 0.2) is 70.6 Å². The lowest BCUT2D eigenvalue weighted by molar-refractivity contribution is -0.383. The fraction of sp³-hybridized carbons (Fsp3) is 0. The Hall–Kier alpha value is -2.80. The van der Waals surface area contributed by atoms with Gasteiger partial charge >= 0.3 is 0 Å². The minimum absolute atomic E-state index is 0.00620. The van der Waals surface area contributed by atoms with Gasteiger partial charge in [-0.3, -0.25) is 10.1 Å². The summed E-state index contributed by atoms with van der Waals surface area (Å²) in [5.74, 6) is 0. The van der Waals surface area contributed by atoms with Gasteiger partial charge in [-0.1, -0.05) is 30.3 Å². The minimum Gasteiger partial charge on any atom is -0.258 e. The average Bonchev–Trinajstić information content (AvgIpc) is 2.54. The number of pyridine rings is 1. The third-order valence-electron chi connectivity index (χ3n) is 3.23. The third kappa shape index (κ3) is 2.31. The van der Waals surface area contributed by atoms with Crippen molar-refractivity contribution in [3.63, 3.8) is 0 Å².